The molecule has 0 radical (unpaired) electrons. The minimum Gasteiger partial charge on any atom is -0.460 e. The van der Waals surface area contributed by atoms with Gasteiger partial charge in [-0.3, -0.25) is 0 Å². The standard InChI is InChI=1S/C53H35N3O/c1-3-13-34(14-4-1)42-29-43(35-15-5-2-6-16-35)31-44(30-42)45-32-47(50-46-21-11-12-22-48(46)57-49(50)33-45)53-55-51(40-25-23-36-17-7-9-19-38(36)27-40)54-52(56-53)41-26-24-37-18-8-10-20-39(37)28-41/h1-32,45H,33H2. The van der Waals surface area contributed by atoms with Crippen LogP contribution in [0.2, 0.25) is 0 Å². The van der Waals surface area contributed by atoms with Crippen molar-refractivity contribution in [2.45, 2.75) is 12.3 Å². The number of fused-ring (bicyclic) bond motifs is 5. The zero-order chi connectivity index (χ0) is 37.7. The van der Waals surface area contributed by atoms with Crippen LogP contribution in [0.5, 0.6) is 0 Å². The molecule has 0 amide bonds. The Morgan fingerprint density at radius 3 is 1.51 bits per heavy atom. The fraction of sp³-hybridized carbons (Fsp3) is 0.0377. The van der Waals surface area contributed by atoms with Crippen LogP contribution in [0.4, 0.5) is 0 Å². The topological polar surface area (TPSA) is 51.8 Å². The molecule has 57 heavy (non-hydrogen) atoms. The summed E-state index contributed by atoms with van der Waals surface area (Å²) in [5.41, 5.74) is 10.6. The third-order valence-corrected chi connectivity index (χ3v) is 11.2. The molecule has 4 heteroatoms. The van der Waals surface area contributed by atoms with Crippen molar-refractivity contribution in [1.82, 2.24) is 15.0 Å². The average molecular weight is 730 g/mol. The lowest BCUT2D eigenvalue weighted by atomic mass is 9.81. The van der Waals surface area contributed by atoms with Gasteiger partial charge in [-0.2, -0.15) is 0 Å². The van der Waals surface area contributed by atoms with Crippen molar-refractivity contribution < 1.29 is 4.42 Å². The maximum atomic E-state index is 6.74. The van der Waals surface area contributed by atoms with E-state index in [9.17, 15) is 0 Å². The molecule has 268 valence electrons. The van der Waals surface area contributed by atoms with Gasteiger partial charge in [-0.1, -0.05) is 170 Å². The molecule has 0 bridgehead atoms. The van der Waals surface area contributed by atoms with Gasteiger partial charge in [0.25, 0.3) is 0 Å². The van der Waals surface area contributed by atoms with Gasteiger partial charge in [-0.15, -0.1) is 0 Å². The first-order valence-electron chi connectivity index (χ1n) is 19.4. The van der Waals surface area contributed by atoms with E-state index in [0.29, 0.717) is 23.9 Å². The van der Waals surface area contributed by atoms with E-state index in [2.05, 4.69) is 188 Å². The van der Waals surface area contributed by atoms with Crippen LogP contribution >= 0.6 is 0 Å². The molecule has 0 aliphatic heterocycles. The highest BCUT2D eigenvalue weighted by molar-refractivity contribution is 5.98. The lowest BCUT2D eigenvalue weighted by Crippen LogP contribution is -2.11. The van der Waals surface area contributed by atoms with Crippen molar-refractivity contribution in [2.24, 2.45) is 0 Å². The number of hydrogen-bond acceptors (Lipinski definition) is 4. The summed E-state index contributed by atoms with van der Waals surface area (Å²) in [4.78, 5) is 15.8. The van der Waals surface area contributed by atoms with Gasteiger partial charge in [-0.25, -0.2) is 15.0 Å². The maximum Gasteiger partial charge on any atom is 0.164 e. The van der Waals surface area contributed by atoms with E-state index in [-0.39, 0.29) is 5.92 Å². The van der Waals surface area contributed by atoms with Crippen LogP contribution in [0, 0.1) is 0 Å². The van der Waals surface area contributed by atoms with E-state index < -0.39 is 0 Å². The number of nitrogens with zero attached hydrogens (tertiary/aromatic N) is 3. The highest BCUT2D eigenvalue weighted by Gasteiger charge is 2.30. The largest absolute Gasteiger partial charge is 0.460 e. The minimum atomic E-state index is -0.0100. The Morgan fingerprint density at radius 1 is 0.404 bits per heavy atom. The first-order valence-corrected chi connectivity index (χ1v) is 19.4. The van der Waals surface area contributed by atoms with Crippen LogP contribution in [-0.2, 0) is 6.42 Å². The summed E-state index contributed by atoms with van der Waals surface area (Å²) in [7, 11) is 0. The van der Waals surface area contributed by atoms with Crippen LogP contribution in [0.3, 0.4) is 0 Å². The number of rotatable bonds is 6. The Balaban J connectivity index is 1.14. The lowest BCUT2D eigenvalue weighted by molar-refractivity contribution is 0.531. The molecule has 1 unspecified atom stereocenters. The van der Waals surface area contributed by atoms with Crippen molar-refractivity contribution in [3.8, 4) is 45.0 Å². The molecule has 0 N–H and O–H groups in total. The summed E-state index contributed by atoms with van der Waals surface area (Å²) in [6.07, 6.45) is 3.08. The van der Waals surface area contributed by atoms with Gasteiger partial charge < -0.3 is 4.42 Å². The molecule has 1 aliphatic carbocycles. The summed E-state index contributed by atoms with van der Waals surface area (Å²) >= 11 is 0. The molecule has 8 aromatic carbocycles. The second-order valence-electron chi connectivity index (χ2n) is 14.8. The van der Waals surface area contributed by atoms with Crippen molar-refractivity contribution in [3.63, 3.8) is 0 Å². The number of aromatic nitrogens is 3. The average Bonchev–Trinajstić information content (AvgIpc) is 3.67. The summed E-state index contributed by atoms with van der Waals surface area (Å²) in [6, 6.07) is 66.2. The number of para-hydroxylation sites is 1. The first kappa shape index (κ1) is 33.0. The summed E-state index contributed by atoms with van der Waals surface area (Å²) in [5.74, 6) is 2.80. The van der Waals surface area contributed by atoms with E-state index in [1.54, 1.807) is 0 Å². The van der Waals surface area contributed by atoms with E-state index in [1.807, 2.05) is 6.07 Å². The van der Waals surface area contributed by atoms with Gasteiger partial charge in [-0.05, 0) is 73.6 Å². The highest BCUT2D eigenvalue weighted by atomic mass is 16.3. The second kappa shape index (κ2) is 13.7. The monoisotopic (exact) mass is 729 g/mol. The summed E-state index contributed by atoms with van der Waals surface area (Å²) < 4.78 is 6.74. The van der Waals surface area contributed by atoms with Crippen LogP contribution in [0.1, 0.15) is 28.6 Å². The SMILES string of the molecule is C1=C(c2nc(-c3ccc4ccccc4c3)nc(-c3ccc4ccccc4c3)n2)c2c(oc3ccccc23)CC1c1cc(-c2ccccc2)cc(-c2ccccc2)c1. The minimum absolute atomic E-state index is 0.0100. The molecule has 2 aromatic heterocycles. The van der Waals surface area contributed by atoms with Crippen molar-refractivity contribution in [1.29, 1.82) is 0 Å². The number of furan rings is 1. The van der Waals surface area contributed by atoms with Gasteiger partial charge in [0.05, 0.1) is 0 Å². The molecule has 4 nitrogen and oxygen atoms in total. The summed E-state index contributed by atoms with van der Waals surface area (Å²) in [6.45, 7) is 0. The van der Waals surface area contributed by atoms with Gasteiger partial charge in [0.2, 0.25) is 0 Å². The molecule has 0 fully saturated rings. The number of hydrogen-bond donors (Lipinski definition) is 0. The third kappa shape index (κ3) is 6.09. The molecule has 1 atom stereocenters. The van der Waals surface area contributed by atoms with Gasteiger partial charge in [0.1, 0.15) is 11.3 Å². The van der Waals surface area contributed by atoms with Gasteiger partial charge in [0, 0.05) is 40.0 Å². The molecule has 0 spiro atoms. The van der Waals surface area contributed by atoms with Crippen molar-refractivity contribution >= 4 is 38.1 Å². The molecule has 11 rings (SSSR count). The highest BCUT2D eigenvalue weighted by Crippen LogP contribution is 2.44. The van der Waals surface area contributed by atoms with Gasteiger partial charge in [0.15, 0.2) is 17.5 Å². The predicted molar refractivity (Wildman–Crippen MR) is 233 cm³/mol. The Labute approximate surface area is 330 Å². The van der Waals surface area contributed by atoms with E-state index >= 15 is 0 Å². The quantitative estimate of drug-likeness (QED) is 0.171. The molecule has 0 saturated carbocycles. The van der Waals surface area contributed by atoms with Crippen molar-refractivity contribution in [3.05, 3.63) is 217 Å². The molecule has 1 aliphatic rings. The van der Waals surface area contributed by atoms with Crippen LogP contribution in [-0.4, -0.2) is 15.0 Å². The molecule has 0 saturated heterocycles. The maximum absolute atomic E-state index is 6.74. The predicted octanol–water partition coefficient (Wildman–Crippen LogP) is 13.4. The fourth-order valence-corrected chi connectivity index (χ4v) is 8.35. The Hall–Kier alpha value is -7.43. The molecular formula is C53H35N3O. The van der Waals surface area contributed by atoms with Crippen LogP contribution in [0.15, 0.2) is 199 Å². The Morgan fingerprint density at radius 2 is 0.912 bits per heavy atom. The fourth-order valence-electron chi connectivity index (χ4n) is 8.35. The molecule has 10 aromatic rings. The molecule has 2 heterocycles. The van der Waals surface area contributed by atoms with E-state index in [0.717, 1.165) is 49.8 Å². The van der Waals surface area contributed by atoms with Crippen LogP contribution in [0.25, 0.3) is 83.1 Å². The van der Waals surface area contributed by atoms with Crippen molar-refractivity contribution in [2.75, 3.05) is 0 Å². The number of benzene rings is 8. The smallest absolute Gasteiger partial charge is 0.164 e. The second-order valence-corrected chi connectivity index (χ2v) is 14.8. The third-order valence-electron chi connectivity index (χ3n) is 11.2. The Bertz CT molecular complexity index is 3010. The van der Waals surface area contributed by atoms with Gasteiger partial charge >= 0.3 is 0 Å². The van der Waals surface area contributed by atoms with E-state index in [1.165, 1.54) is 38.6 Å². The molecular weight excluding hydrogens is 695 g/mol. The number of allylic oxidation sites excluding steroid dienone is 1. The zero-order valence-electron chi connectivity index (χ0n) is 31.0. The summed E-state index contributed by atoms with van der Waals surface area (Å²) in [5, 5.41) is 5.67. The first-order chi connectivity index (χ1) is 28.2. The lowest BCUT2D eigenvalue weighted by Gasteiger charge is -2.23. The van der Waals surface area contributed by atoms with Crippen LogP contribution < -0.4 is 0 Å². The van der Waals surface area contributed by atoms with E-state index in [4.69, 9.17) is 19.4 Å². The Kier molecular flexibility index (Phi) is 7.92. The zero-order valence-corrected chi connectivity index (χ0v) is 31.0. The normalized spacial score (nSPS) is 13.8.